The Morgan fingerprint density at radius 1 is 1.35 bits per heavy atom. The molecule has 2 N–H and O–H groups in total. The van der Waals surface area contributed by atoms with Crippen molar-refractivity contribution >= 4 is 18.3 Å². The fraction of sp³-hybridized carbons (Fsp3) is 0.933. The molecule has 2 rings (SSSR count). The number of piperidine rings is 1. The first-order chi connectivity index (χ1) is 9.17. The van der Waals surface area contributed by atoms with Gasteiger partial charge in [0, 0.05) is 19.1 Å². The molecule has 118 valence electrons. The molecule has 2 aliphatic rings. The van der Waals surface area contributed by atoms with E-state index in [0.29, 0.717) is 18.5 Å². The number of ether oxygens (including phenoxy) is 1. The minimum Gasteiger partial charge on any atom is -0.364 e. The molecule has 0 saturated carbocycles. The van der Waals surface area contributed by atoms with Gasteiger partial charge in [0.05, 0.1) is 6.10 Å². The summed E-state index contributed by atoms with van der Waals surface area (Å²) in [5, 5.41) is 0. The van der Waals surface area contributed by atoms with Gasteiger partial charge in [-0.1, -0.05) is 20.3 Å². The molecule has 0 radical (unpaired) electrons. The summed E-state index contributed by atoms with van der Waals surface area (Å²) >= 11 is 0. The topological polar surface area (TPSA) is 55.6 Å². The van der Waals surface area contributed by atoms with Gasteiger partial charge in [0.2, 0.25) is 0 Å². The van der Waals surface area contributed by atoms with E-state index in [1.807, 2.05) is 0 Å². The van der Waals surface area contributed by atoms with Crippen LogP contribution in [0.5, 0.6) is 0 Å². The Kier molecular flexibility index (Phi) is 7.27. The monoisotopic (exact) mass is 304 g/mol. The smallest absolute Gasteiger partial charge is 0.251 e. The van der Waals surface area contributed by atoms with Crippen LogP contribution in [0.4, 0.5) is 0 Å². The Morgan fingerprint density at radius 2 is 2.10 bits per heavy atom. The van der Waals surface area contributed by atoms with Crippen LogP contribution in [0.1, 0.15) is 52.4 Å². The molecule has 2 aliphatic heterocycles. The van der Waals surface area contributed by atoms with E-state index in [1.165, 1.54) is 6.42 Å². The number of halogens is 1. The molecule has 2 saturated heterocycles. The lowest BCUT2D eigenvalue weighted by Gasteiger charge is -2.40. The minimum absolute atomic E-state index is 0. The standard InChI is InChI=1S/C15H28N2O2.ClH/c1-3-11(2)13-6-4-5-9-17(13)15(18)14-8-7-12(10-16)19-14;/h11-14H,3-10,16H2,1-2H3;1H/t11?,12-,13?,14+;/m1./s1. The van der Waals surface area contributed by atoms with Crippen LogP contribution >= 0.6 is 12.4 Å². The summed E-state index contributed by atoms with van der Waals surface area (Å²) in [7, 11) is 0. The van der Waals surface area contributed by atoms with Crippen molar-refractivity contribution < 1.29 is 9.53 Å². The maximum Gasteiger partial charge on any atom is 0.251 e. The molecule has 4 atom stereocenters. The lowest BCUT2D eigenvalue weighted by Crippen LogP contribution is -2.50. The number of likely N-dealkylation sites (tertiary alicyclic amines) is 1. The van der Waals surface area contributed by atoms with Gasteiger partial charge < -0.3 is 15.4 Å². The highest BCUT2D eigenvalue weighted by molar-refractivity contribution is 5.85. The molecule has 0 aromatic heterocycles. The number of amides is 1. The van der Waals surface area contributed by atoms with Gasteiger partial charge in [-0.2, -0.15) is 0 Å². The second-order valence-electron chi connectivity index (χ2n) is 6.04. The minimum atomic E-state index is -0.238. The third kappa shape index (κ3) is 3.86. The molecule has 2 unspecified atom stereocenters. The molecular formula is C15H29ClN2O2. The van der Waals surface area contributed by atoms with E-state index in [4.69, 9.17) is 10.5 Å². The molecule has 2 fully saturated rings. The first-order valence-electron chi connectivity index (χ1n) is 7.83. The van der Waals surface area contributed by atoms with Gasteiger partial charge in [-0.3, -0.25) is 4.79 Å². The number of nitrogens with two attached hydrogens (primary N) is 1. The Balaban J connectivity index is 0.00000200. The van der Waals surface area contributed by atoms with E-state index in [9.17, 15) is 4.79 Å². The highest BCUT2D eigenvalue weighted by Crippen LogP contribution is 2.28. The van der Waals surface area contributed by atoms with Crippen LogP contribution in [-0.2, 0) is 9.53 Å². The maximum absolute atomic E-state index is 12.7. The lowest BCUT2D eigenvalue weighted by atomic mass is 9.89. The van der Waals surface area contributed by atoms with Crippen molar-refractivity contribution in [3.8, 4) is 0 Å². The van der Waals surface area contributed by atoms with Gasteiger partial charge in [0.25, 0.3) is 5.91 Å². The fourth-order valence-electron chi connectivity index (χ4n) is 3.34. The van der Waals surface area contributed by atoms with Crippen LogP contribution in [0, 0.1) is 5.92 Å². The Bertz CT molecular complexity index is 314. The van der Waals surface area contributed by atoms with Crippen molar-refractivity contribution in [2.75, 3.05) is 13.1 Å². The Morgan fingerprint density at radius 3 is 2.70 bits per heavy atom. The van der Waals surface area contributed by atoms with Crippen molar-refractivity contribution in [3.05, 3.63) is 0 Å². The molecule has 0 aromatic carbocycles. The summed E-state index contributed by atoms with van der Waals surface area (Å²) in [6, 6.07) is 0.409. The quantitative estimate of drug-likeness (QED) is 0.867. The normalized spacial score (nSPS) is 31.8. The number of rotatable bonds is 4. The Labute approximate surface area is 128 Å². The zero-order chi connectivity index (χ0) is 13.8. The SMILES string of the molecule is CCC(C)C1CCCCN1C(=O)[C@@H]1CC[C@H](CN)O1.Cl. The zero-order valence-corrected chi connectivity index (χ0v) is 13.5. The average molecular weight is 305 g/mol. The number of carbonyl (C=O) groups is 1. The molecule has 20 heavy (non-hydrogen) atoms. The number of nitrogens with zero attached hydrogens (tertiary/aromatic N) is 1. The number of hydrogen-bond donors (Lipinski definition) is 1. The second-order valence-corrected chi connectivity index (χ2v) is 6.04. The molecule has 0 spiro atoms. The molecule has 2 heterocycles. The highest BCUT2D eigenvalue weighted by Gasteiger charge is 2.37. The molecular weight excluding hydrogens is 276 g/mol. The molecule has 1 amide bonds. The Hall–Kier alpha value is -0.320. The van der Waals surface area contributed by atoms with Crippen molar-refractivity contribution in [1.29, 1.82) is 0 Å². The predicted octanol–water partition coefficient (Wildman–Crippen LogP) is 2.34. The van der Waals surface area contributed by atoms with Crippen LogP contribution in [0.15, 0.2) is 0 Å². The number of carbonyl (C=O) groups excluding carboxylic acids is 1. The van der Waals surface area contributed by atoms with Gasteiger partial charge in [-0.05, 0) is 38.0 Å². The summed E-state index contributed by atoms with van der Waals surface area (Å²) in [6.45, 7) is 5.90. The van der Waals surface area contributed by atoms with Gasteiger partial charge in [0.1, 0.15) is 6.10 Å². The molecule has 0 aromatic rings. The van der Waals surface area contributed by atoms with Crippen LogP contribution in [0.2, 0.25) is 0 Å². The van der Waals surface area contributed by atoms with E-state index in [0.717, 1.165) is 38.6 Å². The molecule has 0 bridgehead atoms. The van der Waals surface area contributed by atoms with Crippen LogP contribution in [0.3, 0.4) is 0 Å². The van der Waals surface area contributed by atoms with Gasteiger partial charge >= 0.3 is 0 Å². The fourth-order valence-corrected chi connectivity index (χ4v) is 3.34. The maximum atomic E-state index is 12.7. The number of hydrogen-bond acceptors (Lipinski definition) is 3. The largest absolute Gasteiger partial charge is 0.364 e. The molecule has 4 nitrogen and oxygen atoms in total. The van der Waals surface area contributed by atoms with Crippen LogP contribution < -0.4 is 5.73 Å². The van der Waals surface area contributed by atoms with Crippen molar-refractivity contribution in [2.45, 2.75) is 70.6 Å². The van der Waals surface area contributed by atoms with Gasteiger partial charge in [-0.15, -0.1) is 12.4 Å². The predicted molar refractivity (Wildman–Crippen MR) is 83.0 cm³/mol. The van der Waals surface area contributed by atoms with E-state index < -0.39 is 0 Å². The third-order valence-electron chi connectivity index (χ3n) is 4.78. The second kappa shape index (κ2) is 8.20. The summed E-state index contributed by atoms with van der Waals surface area (Å²) in [5.41, 5.74) is 5.62. The first kappa shape index (κ1) is 17.7. The summed E-state index contributed by atoms with van der Waals surface area (Å²) in [5.74, 6) is 0.789. The first-order valence-corrected chi connectivity index (χ1v) is 7.83. The third-order valence-corrected chi connectivity index (χ3v) is 4.78. The van der Waals surface area contributed by atoms with E-state index >= 15 is 0 Å². The summed E-state index contributed by atoms with van der Waals surface area (Å²) in [4.78, 5) is 14.8. The van der Waals surface area contributed by atoms with Crippen molar-refractivity contribution in [3.63, 3.8) is 0 Å². The van der Waals surface area contributed by atoms with E-state index in [2.05, 4.69) is 18.7 Å². The molecule has 0 aliphatic carbocycles. The average Bonchev–Trinajstić information content (AvgIpc) is 2.94. The van der Waals surface area contributed by atoms with E-state index in [1.54, 1.807) is 0 Å². The van der Waals surface area contributed by atoms with E-state index in [-0.39, 0.29) is 30.5 Å². The zero-order valence-electron chi connectivity index (χ0n) is 12.7. The summed E-state index contributed by atoms with van der Waals surface area (Å²) < 4.78 is 5.77. The van der Waals surface area contributed by atoms with Crippen molar-refractivity contribution in [1.82, 2.24) is 4.90 Å². The summed E-state index contributed by atoms with van der Waals surface area (Å²) in [6.07, 6.45) is 6.26. The van der Waals surface area contributed by atoms with Crippen LogP contribution in [-0.4, -0.2) is 42.1 Å². The highest BCUT2D eigenvalue weighted by atomic mass is 35.5. The molecule has 5 heteroatoms. The lowest BCUT2D eigenvalue weighted by molar-refractivity contribution is -0.147. The van der Waals surface area contributed by atoms with Gasteiger partial charge in [-0.25, -0.2) is 0 Å². The van der Waals surface area contributed by atoms with Crippen LogP contribution in [0.25, 0.3) is 0 Å². The van der Waals surface area contributed by atoms with Gasteiger partial charge in [0.15, 0.2) is 0 Å². The van der Waals surface area contributed by atoms with Crippen molar-refractivity contribution in [2.24, 2.45) is 11.7 Å².